The van der Waals surface area contributed by atoms with Crippen LogP contribution in [0.3, 0.4) is 0 Å². The Morgan fingerprint density at radius 1 is 0.879 bits per heavy atom. The van der Waals surface area contributed by atoms with Crippen molar-refractivity contribution in [2.45, 2.75) is 76.7 Å². The molecule has 10 N–H and O–H groups in total. The lowest BCUT2D eigenvalue weighted by Gasteiger charge is -2.28. The largest absolute Gasteiger partial charge is 0.481 e. The second kappa shape index (κ2) is 14.0. The lowest BCUT2D eigenvalue weighted by Crippen LogP contribution is -2.59. The number of primary amides is 1. The monoisotopic (exact) mass is 475 g/mol. The first-order valence-electron chi connectivity index (χ1n) is 10.3. The van der Waals surface area contributed by atoms with E-state index in [2.05, 4.69) is 16.0 Å². The molecule has 0 saturated carbocycles. The number of hydrogen-bond donors (Lipinski definition) is 8. The molecular weight excluding hydrogens is 442 g/mol. The fraction of sp³-hybridized carbons (Fsp3) is 0.684. The highest BCUT2D eigenvalue weighted by Gasteiger charge is 2.33. The average Bonchev–Trinajstić information content (AvgIpc) is 2.70. The van der Waals surface area contributed by atoms with Crippen LogP contribution in [0.5, 0.6) is 0 Å². The van der Waals surface area contributed by atoms with Gasteiger partial charge >= 0.3 is 11.9 Å². The van der Waals surface area contributed by atoms with Gasteiger partial charge in [-0.05, 0) is 19.3 Å². The third-order valence-corrected chi connectivity index (χ3v) is 4.88. The van der Waals surface area contributed by atoms with E-state index in [-0.39, 0.29) is 6.42 Å². The van der Waals surface area contributed by atoms with Gasteiger partial charge in [0.05, 0.1) is 18.6 Å². The number of rotatable bonds is 15. The molecule has 0 heterocycles. The zero-order valence-electron chi connectivity index (χ0n) is 18.7. The SMILES string of the molecule is CCC(C)C(NC(=O)C(N)CC(N)=O)C(=O)NC(CCC(=O)O)C(=O)NC(C(=O)O)C(C)O. The number of nitrogens with one attached hydrogen (secondary N) is 3. The minimum atomic E-state index is -1.70. The summed E-state index contributed by atoms with van der Waals surface area (Å²) >= 11 is 0. The van der Waals surface area contributed by atoms with E-state index in [1.54, 1.807) is 13.8 Å². The summed E-state index contributed by atoms with van der Waals surface area (Å²) in [5.41, 5.74) is 10.6. The summed E-state index contributed by atoms with van der Waals surface area (Å²) in [6.45, 7) is 4.49. The number of aliphatic hydroxyl groups is 1. The van der Waals surface area contributed by atoms with Gasteiger partial charge in [0, 0.05) is 6.42 Å². The van der Waals surface area contributed by atoms with Crippen LogP contribution >= 0.6 is 0 Å². The van der Waals surface area contributed by atoms with Gasteiger partial charge in [0.25, 0.3) is 0 Å². The number of nitrogens with two attached hydrogens (primary N) is 2. The van der Waals surface area contributed by atoms with Gasteiger partial charge in [0.1, 0.15) is 12.1 Å². The van der Waals surface area contributed by atoms with Crippen LogP contribution in [-0.4, -0.2) is 81.2 Å². The van der Waals surface area contributed by atoms with Crippen molar-refractivity contribution in [3.05, 3.63) is 0 Å². The van der Waals surface area contributed by atoms with E-state index in [9.17, 15) is 33.9 Å². The van der Waals surface area contributed by atoms with Crippen molar-refractivity contribution in [1.29, 1.82) is 0 Å². The lowest BCUT2D eigenvalue weighted by molar-refractivity contribution is -0.145. The third kappa shape index (κ3) is 10.7. The van der Waals surface area contributed by atoms with Crippen molar-refractivity contribution in [2.24, 2.45) is 17.4 Å². The van der Waals surface area contributed by atoms with Gasteiger partial charge in [0.2, 0.25) is 23.6 Å². The average molecular weight is 475 g/mol. The van der Waals surface area contributed by atoms with Gasteiger partial charge in [-0.3, -0.25) is 24.0 Å². The highest BCUT2D eigenvalue weighted by molar-refractivity contribution is 5.95. The van der Waals surface area contributed by atoms with Crippen molar-refractivity contribution in [2.75, 3.05) is 0 Å². The fourth-order valence-electron chi connectivity index (χ4n) is 2.71. The van der Waals surface area contributed by atoms with E-state index in [1.807, 2.05) is 0 Å². The van der Waals surface area contributed by atoms with E-state index in [1.165, 1.54) is 0 Å². The Labute approximate surface area is 190 Å². The Morgan fingerprint density at radius 3 is 1.85 bits per heavy atom. The Balaban J connectivity index is 5.63. The van der Waals surface area contributed by atoms with Crippen LogP contribution < -0.4 is 27.4 Å². The number of carboxylic acids is 2. The van der Waals surface area contributed by atoms with Gasteiger partial charge in [0.15, 0.2) is 6.04 Å². The van der Waals surface area contributed by atoms with E-state index in [4.69, 9.17) is 21.7 Å². The second-order valence-corrected chi connectivity index (χ2v) is 7.71. The minimum Gasteiger partial charge on any atom is -0.481 e. The molecule has 0 aromatic heterocycles. The van der Waals surface area contributed by atoms with Crippen LogP contribution in [0.1, 0.15) is 46.5 Å². The molecule has 4 amide bonds. The van der Waals surface area contributed by atoms with Gasteiger partial charge in [-0.2, -0.15) is 0 Å². The highest BCUT2D eigenvalue weighted by Crippen LogP contribution is 2.10. The molecule has 6 atom stereocenters. The number of amides is 4. The van der Waals surface area contributed by atoms with Gasteiger partial charge < -0.3 is 42.7 Å². The molecule has 0 rings (SSSR count). The molecule has 0 aliphatic carbocycles. The topological polar surface area (TPSA) is 251 Å². The predicted molar refractivity (Wildman–Crippen MR) is 113 cm³/mol. The van der Waals surface area contributed by atoms with Crippen molar-refractivity contribution in [3.63, 3.8) is 0 Å². The van der Waals surface area contributed by atoms with Gasteiger partial charge in [-0.1, -0.05) is 20.3 Å². The predicted octanol–water partition coefficient (Wildman–Crippen LogP) is -2.98. The molecule has 0 saturated heterocycles. The summed E-state index contributed by atoms with van der Waals surface area (Å²) in [4.78, 5) is 70.9. The molecule has 14 nitrogen and oxygen atoms in total. The van der Waals surface area contributed by atoms with Crippen LogP contribution in [0.2, 0.25) is 0 Å². The number of aliphatic carboxylic acids is 2. The molecule has 0 aliphatic heterocycles. The number of carboxylic acid groups (broad SMARTS) is 2. The number of aliphatic hydroxyl groups excluding tert-OH is 1. The number of carbonyl (C=O) groups excluding carboxylic acids is 4. The van der Waals surface area contributed by atoms with Crippen molar-refractivity contribution < 1.29 is 44.1 Å². The number of hydrogen-bond acceptors (Lipinski definition) is 8. The summed E-state index contributed by atoms with van der Waals surface area (Å²) in [5, 5.41) is 34.4. The first kappa shape index (κ1) is 29.7. The van der Waals surface area contributed by atoms with Crippen LogP contribution in [0, 0.1) is 5.92 Å². The maximum absolute atomic E-state index is 12.9. The summed E-state index contributed by atoms with van der Waals surface area (Å²) < 4.78 is 0. The lowest BCUT2D eigenvalue weighted by atomic mass is 9.97. The Morgan fingerprint density at radius 2 is 1.42 bits per heavy atom. The Kier molecular flexibility index (Phi) is 12.6. The molecule has 33 heavy (non-hydrogen) atoms. The summed E-state index contributed by atoms with van der Waals surface area (Å²) in [6.07, 6.45) is -2.43. The normalized spacial score (nSPS) is 16.3. The van der Waals surface area contributed by atoms with E-state index >= 15 is 0 Å². The smallest absolute Gasteiger partial charge is 0.328 e. The van der Waals surface area contributed by atoms with Crippen LogP contribution in [0.15, 0.2) is 0 Å². The molecular formula is C19H33N5O9. The Bertz CT molecular complexity index is 743. The van der Waals surface area contributed by atoms with E-state index < -0.39 is 84.6 Å². The molecule has 0 fully saturated rings. The zero-order valence-corrected chi connectivity index (χ0v) is 18.7. The van der Waals surface area contributed by atoms with Crippen molar-refractivity contribution in [1.82, 2.24) is 16.0 Å². The molecule has 188 valence electrons. The van der Waals surface area contributed by atoms with Crippen molar-refractivity contribution in [3.8, 4) is 0 Å². The van der Waals surface area contributed by atoms with Crippen LogP contribution in [0.4, 0.5) is 0 Å². The zero-order chi connectivity index (χ0) is 25.9. The summed E-state index contributed by atoms with van der Waals surface area (Å²) in [6, 6.07) is -5.68. The van der Waals surface area contributed by atoms with Crippen LogP contribution in [-0.2, 0) is 28.8 Å². The minimum absolute atomic E-state index is 0.387. The molecule has 6 unspecified atom stereocenters. The maximum atomic E-state index is 12.9. The van der Waals surface area contributed by atoms with Gasteiger partial charge in [-0.15, -0.1) is 0 Å². The quantitative estimate of drug-likeness (QED) is 0.119. The molecule has 0 bridgehead atoms. The molecule has 0 aromatic rings. The van der Waals surface area contributed by atoms with Gasteiger partial charge in [-0.25, -0.2) is 4.79 Å². The molecule has 0 radical (unpaired) electrons. The molecule has 0 aliphatic rings. The van der Waals surface area contributed by atoms with Crippen molar-refractivity contribution >= 4 is 35.6 Å². The van der Waals surface area contributed by atoms with E-state index in [0.717, 1.165) is 6.92 Å². The first-order valence-corrected chi connectivity index (χ1v) is 10.3. The third-order valence-electron chi connectivity index (χ3n) is 4.88. The molecule has 0 aromatic carbocycles. The first-order chi connectivity index (χ1) is 15.2. The van der Waals surface area contributed by atoms with Crippen LogP contribution in [0.25, 0.3) is 0 Å². The number of carbonyl (C=O) groups is 6. The summed E-state index contributed by atoms with van der Waals surface area (Å²) in [7, 11) is 0. The van der Waals surface area contributed by atoms with E-state index in [0.29, 0.717) is 6.42 Å². The second-order valence-electron chi connectivity index (χ2n) is 7.71. The maximum Gasteiger partial charge on any atom is 0.328 e. The molecule has 14 heteroatoms. The summed E-state index contributed by atoms with van der Waals surface area (Å²) in [5.74, 6) is -6.79. The fourth-order valence-corrected chi connectivity index (χ4v) is 2.71. The highest BCUT2D eigenvalue weighted by atomic mass is 16.4. The standard InChI is InChI=1S/C19H33N5O9/c1-4-8(2)14(23-16(29)10(20)7-12(21)26)18(31)22-11(5-6-13(27)28)17(30)24-15(9(3)25)19(32)33/h8-11,14-15,25H,4-7,20H2,1-3H3,(H2,21,26)(H,22,31)(H,23,29)(H,24,30)(H,27,28)(H,32,33). The molecule has 0 spiro atoms. The Hall–Kier alpha value is -3.26.